The summed E-state index contributed by atoms with van der Waals surface area (Å²) in [5.41, 5.74) is 1.43. The highest BCUT2D eigenvalue weighted by atomic mass is 79.9. The van der Waals surface area contributed by atoms with Gasteiger partial charge in [0.15, 0.2) is 0 Å². The molecule has 1 aliphatic rings. The van der Waals surface area contributed by atoms with Gasteiger partial charge in [0.05, 0.1) is 0 Å². The molecule has 1 heterocycles. The molecule has 0 saturated carbocycles. The molecule has 0 bridgehead atoms. The highest BCUT2D eigenvalue weighted by Crippen LogP contribution is 2.31. The van der Waals surface area contributed by atoms with Crippen LogP contribution in [0.2, 0.25) is 0 Å². The van der Waals surface area contributed by atoms with Gasteiger partial charge in [0.25, 0.3) is 0 Å². The van der Waals surface area contributed by atoms with Crippen LogP contribution >= 0.6 is 15.9 Å². The van der Waals surface area contributed by atoms with Gasteiger partial charge in [-0.05, 0) is 18.6 Å². The molecular weight excluding hydrogens is 214 g/mol. The van der Waals surface area contributed by atoms with Gasteiger partial charge in [-0.25, -0.2) is 0 Å². The second-order valence-corrected chi connectivity index (χ2v) is 4.18. The third-order valence-electron chi connectivity index (χ3n) is 2.57. The molecule has 1 nitrogen and oxygen atoms in total. The van der Waals surface area contributed by atoms with E-state index in [4.69, 9.17) is 0 Å². The average molecular weight is 226 g/mol. The van der Waals surface area contributed by atoms with E-state index in [2.05, 4.69) is 52.4 Å². The summed E-state index contributed by atoms with van der Waals surface area (Å²) in [4.78, 5) is 0. The molecule has 1 fully saturated rings. The fourth-order valence-electron chi connectivity index (χ4n) is 1.63. The first-order valence-electron chi connectivity index (χ1n) is 4.27. The maximum Gasteiger partial charge on any atom is 0.0211 e. The first-order chi connectivity index (χ1) is 5.79. The van der Waals surface area contributed by atoms with E-state index in [1.165, 1.54) is 10.0 Å². The van der Waals surface area contributed by atoms with Crippen molar-refractivity contribution in [2.24, 2.45) is 0 Å². The van der Waals surface area contributed by atoms with Crippen LogP contribution in [0.25, 0.3) is 0 Å². The summed E-state index contributed by atoms with van der Waals surface area (Å²) in [5, 5.41) is 3.36. The van der Waals surface area contributed by atoms with Gasteiger partial charge < -0.3 is 5.32 Å². The van der Waals surface area contributed by atoms with E-state index >= 15 is 0 Å². The lowest BCUT2D eigenvalue weighted by molar-refractivity contribution is 0.333. The molecule has 0 aromatic heterocycles. The summed E-state index contributed by atoms with van der Waals surface area (Å²) in [7, 11) is 0. The molecule has 1 saturated heterocycles. The second kappa shape index (κ2) is 3.19. The van der Waals surface area contributed by atoms with Crippen molar-refractivity contribution in [3.8, 4) is 0 Å². The summed E-state index contributed by atoms with van der Waals surface area (Å²) < 4.78 is 1.24. The van der Waals surface area contributed by atoms with Crippen molar-refractivity contribution in [3.63, 3.8) is 0 Å². The van der Waals surface area contributed by atoms with Crippen LogP contribution in [0, 0.1) is 0 Å². The molecule has 1 aliphatic heterocycles. The van der Waals surface area contributed by atoms with E-state index in [1.54, 1.807) is 0 Å². The highest BCUT2D eigenvalue weighted by Gasteiger charge is 2.28. The summed E-state index contributed by atoms with van der Waals surface area (Å²) in [6.45, 7) is 3.34. The fourth-order valence-corrected chi connectivity index (χ4v) is 2.21. The largest absolute Gasteiger partial charge is 0.313 e. The van der Waals surface area contributed by atoms with E-state index in [9.17, 15) is 0 Å². The number of halogens is 1. The highest BCUT2D eigenvalue weighted by molar-refractivity contribution is 9.10. The minimum atomic E-state index is 0.628. The van der Waals surface area contributed by atoms with Crippen molar-refractivity contribution in [3.05, 3.63) is 34.3 Å². The first-order valence-corrected chi connectivity index (χ1v) is 5.06. The van der Waals surface area contributed by atoms with Crippen LogP contribution in [0.1, 0.15) is 18.4 Å². The Labute approximate surface area is 81.3 Å². The fraction of sp³-hybridized carbons (Fsp3) is 0.400. The van der Waals surface area contributed by atoms with Crippen LogP contribution in [0.15, 0.2) is 28.7 Å². The zero-order valence-corrected chi connectivity index (χ0v) is 8.64. The molecule has 64 valence electrons. The predicted molar refractivity (Wildman–Crippen MR) is 54.3 cm³/mol. The van der Waals surface area contributed by atoms with Gasteiger partial charge >= 0.3 is 0 Å². The van der Waals surface area contributed by atoms with Gasteiger partial charge in [-0.2, -0.15) is 0 Å². The Morgan fingerprint density at radius 1 is 1.42 bits per heavy atom. The Morgan fingerprint density at radius 3 is 2.67 bits per heavy atom. The average Bonchev–Trinajstić information content (AvgIpc) is 2.06. The van der Waals surface area contributed by atoms with E-state index in [0.29, 0.717) is 12.0 Å². The van der Waals surface area contributed by atoms with Gasteiger partial charge in [0.1, 0.15) is 0 Å². The molecule has 0 radical (unpaired) electrons. The molecular formula is C10H12BrN. The van der Waals surface area contributed by atoms with Crippen molar-refractivity contribution >= 4 is 15.9 Å². The topological polar surface area (TPSA) is 12.0 Å². The van der Waals surface area contributed by atoms with E-state index in [-0.39, 0.29) is 0 Å². The zero-order valence-electron chi connectivity index (χ0n) is 7.05. The molecule has 0 aliphatic carbocycles. The Hall–Kier alpha value is -0.340. The monoisotopic (exact) mass is 225 g/mol. The van der Waals surface area contributed by atoms with E-state index in [1.807, 2.05) is 0 Å². The van der Waals surface area contributed by atoms with E-state index < -0.39 is 0 Å². The Bertz CT molecular complexity index is 285. The number of nitrogens with one attached hydrogen (secondary N) is 1. The molecule has 2 unspecified atom stereocenters. The van der Waals surface area contributed by atoms with Gasteiger partial charge in [0.2, 0.25) is 0 Å². The molecule has 1 aromatic carbocycles. The predicted octanol–water partition coefficient (Wildman–Crippen LogP) is 2.52. The maximum absolute atomic E-state index is 3.57. The quantitative estimate of drug-likeness (QED) is 0.775. The van der Waals surface area contributed by atoms with Gasteiger partial charge in [0, 0.05) is 23.0 Å². The van der Waals surface area contributed by atoms with Crippen LogP contribution in [0.3, 0.4) is 0 Å². The van der Waals surface area contributed by atoms with Crippen molar-refractivity contribution in [2.45, 2.75) is 18.9 Å². The normalized spacial score (nSPS) is 28.2. The van der Waals surface area contributed by atoms with Crippen molar-refractivity contribution in [1.29, 1.82) is 0 Å². The number of benzene rings is 1. The van der Waals surface area contributed by atoms with Gasteiger partial charge in [-0.15, -0.1) is 0 Å². The van der Waals surface area contributed by atoms with Gasteiger partial charge in [-0.1, -0.05) is 34.1 Å². The molecule has 1 aromatic rings. The number of hydrogen-bond acceptors (Lipinski definition) is 1. The van der Waals surface area contributed by atoms with Crippen LogP contribution in [0.4, 0.5) is 0 Å². The smallest absolute Gasteiger partial charge is 0.0211 e. The third-order valence-corrected chi connectivity index (χ3v) is 3.29. The number of rotatable bonds is 1. The molecule has 2 rings (SSSR count). The Balaban J connectivity index is 2.27. The molecule has 2 heteroatoms. The van der Waals surface area contributed by atoms with Crippen molar-refractivity contribution < 1.29 is 0 Å². The zero-order chi connectivity index (χ0) is 8.55. The molecule has 2 atom stereocenters. The van der Waals surface area contributed by atoms with E-state index in [0.717, 1.165) is 6.54 Å². The Morgan fingerprint density at radius 2 is 2.17 bits per heavy atom. The summed E-state index contributed by atoms with van der Waals surface area (Å²) in [6.07, 6.45) is 0. The first kappa shape index (κ1) is 8.27. The van der Waals surface area contributed by atoms with Crippen LogP contribution in [0.5, 0.6) is 0 Å². The SMILES string of the molecule is CC1NCC1c1ccccc1Br. The summed E-state index contributed by atoms with van der Waals surface area (Å²) in [5.74, 6) is 0.695. The third kappa shape index (κ3) is 1.29. The minimum absolute atomic E-state index is 0.628. The van der Waals surface area contributed by atoms with Gasteiger partial charge in [-0.3, -0.25) is 0 Å². The molecule has 12 heavy (non-hydrogen) atoms. The van der Waals surface area contributed by atoms with Crippen molar-refractivity contribution in [1.82, 2.24) is 5.32 Å². The lowest BCUT2D eigenvalue weighted by atomic mass is 9.86. The summed E-state index contributed by atoms with van der Waals surface area (Å²) >= 11 is 3.57. The van der Waals surface area contributed by atoms with Crippen LogP contribution in [-0.2, 0) is 0 Å². The number of hydrogen-bond donors (Lipinski definition) is 1. The second-order valence-electron chi connectivity index (χ2n) is 3.32. The Kier molecular flexibility index (Phi) is 2.20. The standard InChI is InChI=1S/C10H12BrN/c1-7-9(6-12-7)8-4-2-3-5-10(8)11/h2-5,7,9,12H,6H2,1H3. The lowest BCUT2D eigenvalue weighted by Crippen LogP contribution is -2.48. The minimum Gasteiger partial charge on any atom is -0.313 e. The molecule has 0 spiro atoms. The van der Waals surface area contributed by atoms with Crippen LogP contribution < -0.4 is 5.32 Å². The maximum atomic E-state index is 3.57. The molecule has 0 amide bonds. The van der Waals surface area contributed by atoms with Crippen molar-refractivity contribution in [2.75, 3.05) is 6.54 Å². The summed E-state index contributed by atoms with van der Waals surface area (Å²) in [6, 6.07) is 9.10. The van der Waals surface area contributed by atoms with Crippen LogP contribution in [-0.4, -0.2) is 12.6 Å². The lowest BCUT2D eigenvalue weighted by Gasteiger charge is -2.36. The molecule has 1 N–H and O–H groups in total.